The Morgan fingerprint density at radius 1 is 1.31 bits per heavy atom. The molecule has 0 N–H and O–H groups in total. The predicted molar refractivity (Wildman–Crippen MR) is 119 cm³/mol. The normalized spacial score (nSPS) is 19.3. The Morgan fingerprint density at radius 2 is 2.00 bits per heavy atom. The van der Waals surface area contributed by atoms with Gasteiger partial charge in [-0.1, -0.05) is 22.6 Å². The number of rotatable bonds is 7. The number of hydrogen-bond donors (Lipinski definition) is 0. The Bertz CT molecular complexity index is 1020. The molecule has 1 aliphatic carbocycles. The molecule has 0 saturated heterocycles. The lowest BCUT2D eigenvalue weighted by Crippen LogP contribution is -2.36. The van der Waals surface area contributed by atoms with Crippen LogP contribution in [-0.4, -0.2) is 49.7 Å². The van der Waals surface area contributed by atoms with E-state index in [0.717, 1.165) is 34.8 Å². The van der Waals surface area contributed by atoms with Gasteiger partial charge in [-0.3, -0.25) is 8.98 Å². The number of likely N-dealkylation sites (N-methyl/N-ethyl adjacent to an activating group) is 1. The van der Waals surface area contributed by atoms with Crippen molar-refractivity contribution in [1.82, 2.24) is 9.47 Å². The summed E-state index contributed by atoms with van der Waals surface area (Å²) >= 11 is 2.36. The third kappa shape index (κ3) is 4.61. The summed E-state index contributed by atoms with van der Waals surface area (Å²) in [5, 5.41) is 0.728. The molecule has 9 heteroatoms. The van der Waals surface area contributed by atoms with Crippen molar-refractivity contribution in [1.29, 1.82) is 0 Å². The fourth-order valence-corrected chi connectivity index (χ4v) is 5.60. The SMILES string of the molecule is CCN(CC)C(=O)C1CCC(I)c2c1c1cc(F)ccc1n2CCOS(C)(=O)=O. The molecule has 0 bridgehead atoms. The molecule has 1 amide bonds. The number of nitrogens with zero attached hydrogens (tertiary/aromatic N) is 2. The van der Waals surface area contributed by atoms with E-state index in [2.05, 4.69) is 22.6 Å². The van der Waals surface area contributed by atoms with Crippen LogP contribution in [0.5, 0.6) is 0 Å². The van der Waals surface area contributed by atoms with Gasteiger partial charge in [0.25, 0.3) is 10.1 Å². The van der Waals surface area contributed by atoms with Gasteiger partial charge in [-0.2, -0.15) is 8.42 Å². The Kier molecular flexibility index (Phi) is 6.89. The van der Waals surface area contributed by atoms with Gasteiger partial charge in [-0.05, 0) is 50.5 Å². The number of aromatic nitrogens is 1. The van der Waals surface area contributed by atoms with Crippen molar-refractivity contribution in [2.45, 2.75) is 43.1 Å². The van der Waals surface area contributed by atoms with E-state index in [1.165, 1.54) is 12.1 Å². The second-order valence-corrected chi connectivity index (χ2v) is 10.4. The van der Waals surface area contributed by atoms with Gasteiger partial charge in [0.05, 0.1) is 22.7 Å². The Hall–Kier alpha value is -1.20. The van der Waals surface area contributed by atoms with Crippen LogP contribution in [0.25, 0.3) is 10.9 Å². The van der Waals surface area contributed by atoms with Crippen LogP contribution in [0, 0.1) is 5.82 Å². The van der Waals surface area contributed by atoms with Crippen LogP contribution in [0.3, 0.4) is 0 Å². The summed E-state index contributed by atoms with van der Waals surface area (Å²) in [7, 11) is -3.55. The minimum atomic E-state index is -3.55. The van der Waals surface area contributed by atoms with E-state index in [1.807, 2.05) is 23.3 Å². The molecule has 160 valence electrons. The Morgan fingerprint density at radius 3 is 2.62 bits per heavy atom. The number of hydrogen-bond acceptors (Lipinski definition) is 4. The first-order chi connectivity index (χ1) is 13.7. The van der Waals surface area contributed by atoms with Gasteiger partial charge in [0.2, 0.25) is 5.91 Å². The standard InChI is InChI=1S/C20H26FIN2O4S/c1-4-23(5-2)20(25)14-7-8-16(22)19-18(14)15-12-13(21)6-9-17(15)24(19)10-11-28-29(3,26)27/h6,9,12,14,16H,4-5,7-8,10-11H2,1-3H3. The minimum absolute atomic E-state index is 0.00948. The number of fused-ring (bicyclic) bond motifs is 3. The molecule has 6 nitrogen and oxygen atoms in total. The monoisotopic (exact) mass is 536 g/mol. The predicted octanol–water partition coefficient (Wildman–Crippen LogP) is 3.98. The zero-order chi connectivity index (χ0) is 21.3. The molecule has 2 atom stereocenters. The van der Waals surface area contributed by atoms with E-state index < -0.39 is 10.1 Å². The van der Waals surface area contributed by atoms with Gasteiger partial charge in [0.15, 0.2) is 0 Å². The maximum atomic E-state index is 14.1. The van der Waals surface area contributed by atoms with Gasteiger partial charge in [0, 0.05) is 36.2 Å². The maximum absolute atomic E-state index is 14.1. The number of carbonyl (C=O) groups excluding carboxylic acids is 1. The van der Waals surface area contributed by atoms with E-state index >= 15 is 0 Å². The zero-order valence-corrected chi connectivity index (χ0v) is 19.8. The quantitative estimate of drug-likeness (QED) is 0.305. The largest absolute Gasteiger partial charge is 0.343 e. The number of alkyl halides is 1. The number of amides is 1. The third-order valence-corrected chi connectivity index (χ3v) is 7.25. The molecule has 1 aromatic carbocycles. The topological polar surface area (TPSA) is 68.6 Å². The van der Waals surface area contributed by atoms with Gasteiger partial charge < -0.3 is 9.47 Å². The number of halogens is 2. The van der Waals surface area contributed by atoms with Crippen LogP contribution in [0.1, 0.15) is 47.8 Å². The molecule has 0 spiro atoms. The van der Waals surface area contributed by atoms with Crippen LogP contribution in [0.15, 0.2) is 18.2 Å². The lowest BCUT2D eigenvalue weighted by atomic mass is 9.84. The first-order valence-corrected chi connectivity index (χ1v) is 12.8. The summed E-state index contributed by atoms with van der Waals surface area (Å²) in [5.41, 5.74) is 2.65. The summed E-state index contributed by atoms with van der Waals surface area (Å²) < 4.78 is 44.0. The molecule has 29 heavy (non-hydrogen) atoms. The molecular weight excluding hydrogens is 510 g/mol. The molecule has 0 aliphatic heterocycles. The smallest absolute Gasteiger partial charge is 0.264 e. The summed E-state index contributed by atoms with van der Waals surface area (Å²) in [6.45, 7) is 5.48. The Labute approximate surface area is 184 Å². The van der Waals surface area contributed by atoms with E-state index in [9.17, 15) is 17.6 Å². The van der Waals surface area contributed by atoms with Crippen LogP contribution in [-0.2, 0) is 25.6 Å². The van der Waals surface area contributed by atoms with Gasteiger partial charge in [0.1, 0.15) is 5.82 Å². The molecular formula is C20H26FIN2O4S. The van der Waals surface area contributed by atoms with Gasteiger partial charge in [-0.25, -0.2) is 4.39 Å². The average molecular weight is 536 g/mol. The van der Waals surface area contributed by atoms with Crippen molar-refractivity contribution in [3.63, 3.8) is 0 Å². The zero-order valence-electron chi connectivity index (χ0n) is 16.8. The number of benzene rings is 1. The Balaban J connectivity index is 2.14. The molecule has 1 aromatic heterocycles. The lowest BCUT2D eigenvalue weighted by Gasteiger charge is -2.31. The second kappa shape index (κ2) is 8.89. The molecule has 0 radical (unpaired) electrons. The highest BCUT2D eigenvalue weighted by Gasteiger charge is 2.37. The third-order valence-electron chi connectivity index (χ3n) is 5.45. The molecule has 1 heterocycles. The lowest BCUT2D eigenvalue weighted by molar-refractivity contribution is -0.132. The number of carbonyl (C=O) groups is 1. The van der Waals surface area contributed by atoms with Gasteiger partial charge in [-0.15, -0.1) is 0 Å². The van der Waals surface area contributed by atoms with Crippen molar-refractivity contribution in [3.05, 3.63) is 35.3 Å². The molecule has 1 aliphatic rings. The summed E-state index contributed by atoms with van der Waals surface area (Å²) in [6, 6.07) is 4.58. The van der Waals surface area contributed by atoms with Crippen molar-refractivity contribution in [2.75, 3.05) is 26.0 Å². The highest BCUT2D eigenvalue weighted by atomic mass is 127. The van der Waals surface area contributed by atoms with Gasteiger partial charge >= 0.3 is 0 Å². The van der Waals surface area contributed by atoms with Crippen LogP contribution >= 0.6 is 22.6 Å². The van der Waals surface area contributed by atoms with Crippen LogP contribution in [0.4, 0.5) is 4.39 Å². The molecule has 3 rings (SSSR count). The minimum Gasteiger partial charge on any atom is -0.343 e. The molecule has 2 aromatic rings. The summed E-state index contributed by atoms with van der Waals surface area (Å²) in [5.74, 6) is -0.609. The van der Waals surface area contributed by atoms with Crippen LogP contribution < -0.4 is 0 Å². The highest BCUT2D eigenvalue weighted by molar-refractivity contribution is 14.1. The van der Waals surface area contributed by atoms with Crippen molar-refractivity contribution >= 4 is 49.5 Å². The first kappa shape index (κ1) is 22.5. The summed E-state index contributed by atoms with van der Waals surface area (Å²) in [4.78, 5) is 15.0. The van der Waals surface area contributed by atoms with Crippen molar-refractivity contribution < 1.29 is 21.8 Å². The van der Waals surface area contributed by atoms with Crippen LogP contribution in [0.2, 0.25) is 0 Å². The first-order valence-electron chi connectivity index (χ1n) is 9.76. The maximum Gasteiger partial charge on any atom is 0.264 e. The fraction of sp³-hybridized carbons (Fsp3) is 0.550. The molecule has 0 saturated carbocycles. The van der Waals surface area contributed by atoms with Crippen molar-refractivity contribution in [3.8, 4) is 0 Å². The molecule has 0 fully saturated rings. The van der Waals surface area contributed by atoms with E-state index in [1.54, 1.807) is 6.07 Å². The van der Waals surface area contributed by atoms with E-state index in [0.29, 0.717) is 26.1 Å². The summed E-state index contributed by atoms with van der Waals surface area (Å²) in [6.07, 6.45) is 2.56. The average Bonchev–Trinajstić information content (AvgIpc) is 2.96. The highest BCUT2D eigenvalue weighted by Crippen LogP contribution is 2.47. The van der Waals surface area contributed by atoms with E-state index in [-0.39, 0.29) is 28.2 Å². The molecule has 2 unspecified atom stereocenters. The van der Waals surface area contributed by atoms with E-state index in [4.69, 9.17) is 4.18 Å². The van der Waals surface area contributed by atoms with Crippen molar-refractivity contribution in [2.24, 2.45) is 0 Å². The second-order valence-electron chi connectivity index (χ2n) is 7.25. The fourth-order valence-electron chi connectivity index (χ4n) is 4.19.